The summed E-state index contributed by atoms with van der Waals surface area (Å²) in [6.45, 7) is 0.301. The van der Waals surface area contributed by atoms with Crippen LogP contribution in [-0.2, 0) is 26.2 Å². The van der Waals surface area contributed by atoms with Crippen LogP contribution in [0.15, 0.2) is 57.1 Å². The molecule has 0 saturated carbocycles. The summed E-state index contributed by atoms with van der Waals surface area (Å²) < 4.78 is 31.8. The lowest BCUT2D eigenvalue weighted by Crippen LogP contribution is -2.22. The van der Waals surface area contributed by atoms with Crippen LogP contribution in [-0.4, -0.2) is 36.7 Å². The summed E-state index contributed by atoms with van der Waals surface area (Å²) in [5, 5.41) is 0.871. The van der Waals surface area contributed by atoms with Gasteiger partial charge in [0.2, 0.25) is 0 Å². The molecule has 11 heteroatoms. The fourth-order valence-electron chi connectivity index (χ4n) is 3.45. The second kappa shape index (κ2) is 9.72. The molecule has 2 aromatic carbocycles. The van der Waals surface area contributed by atoms with Crippen LogP contribution in [0.2, 0.25) is 5.02 Å². The maximum absolute atomic E-state index is 12.1. The number of benzene rings is 2. The van der Waals surface area contributed by atoms with E-state index in [0.717, 1.165) is 6.42 Å². The van der Waals surface area contributed by atoms with E-state index < -0.39 is 16.0 Å². The summed E-state index contributed by atoms with van der Waals surface area (Å²) in [7, 11) is -3.54. The zero-order chi connectivity index (χ0) is 23.4. The lowest BCUT2D eigenvalue weighted by atomic mass is 10.2. The van der Waals surface area contributed by atoms with Gasteiger partial charge in [0.1, 0.15) is 18.3 Å². The number of fused-ring (bicyclic) bond motifs is 2. The fourth-order valence-corrected chi connectivity index (χ4v) is 4.87. The van der Waals surface area contributed by atoms with Gasteiger partial charge in [0.05, 0.1) is 15.8 Å². The van der Waals surface area contributed by atoms with Crippen molar-refractivity contribution in [2.75, 3.05) is 6.54 Å². The molecule has 0 amide bonds. The highest BCUT2D eigenvalue weighted by Crippen LogP contribution is 2.22. The summed E-state index contributed by atoms with van der Waals surface area (Å²) in [6, 6.07) is 11.5. The van der Waals surface area contributed by atoms with Gasteiger partial charge < -0.3 is 9.72 Å². The van der Waals surface area contributed by atoms with Crippen LogP contribution < -0.4 is 10.3 Å². The molecule has 0 spiro atoms. The summed E-state index contributed by atoms with van der Waals surface area (Å²) in [6.07, 6.45) is 2.24. The number of rotatable bonds is 8. The maximum atomic E-state index is 12.1. The van der Waals surface area contributed by atoms with Gasteiger partial charge >= 0.3 is 5.97 Å². The molecule has 0 aliphatic carbocycles. The Morgan fingerprint density at radius 3 is 2.79 bits per heavy atom. The molecular formula is C22H21ClN4O5S. The van der Waals surface area contributed by atoms with Crippen LogP contribution in [0.1, 0.15) is 37.1 Å². The fraction of sp³-hybridized carbons (Fsp3) is 0.273. The topological polar surface area (TPSA) is 131 Å². The Kier molecular flexibility index (Phi) is 6.75. The van der Waals surface area contributed by atoms with E-state index in [4.69, 9.17) is 16.3 Å². The van der Waals surface area contributed by atoms with Gasteiger partial charge in [-0.1, -0.05) is 30.2 Å². The highest BCUT2D eigenvalue weighted by molar-refractivity contribution is 7.90. The van der Waals surface area contributed by atoms with Gasteiger partial charge in [0.15, 0.2) is 0 Å². The first-order chi connectivity index (χ1) is 15.8. The molecule has 0 bridgehead atoms. The number of ether oxygens (including phenoxy) is 1. The quantitative estimate of drug-likeness (QED) is 0.370. The van der Waals surface area contributed by atoms with Gasteiger partial charge in [-0.25, -0.2) is 13.4 Å². The number of aromatic amines is 1. The lowest BCUT2D eigenvalue weighted by molar-refractivity contribution is -0.145. The number of unbranched alkanes of at least 4 members (excludes halogenated alkanes) is 2. The molecular weight excluding hydrogens is 468 g/mol. The van der Waals surface area contributed by atoms with Crippen molar-refractivity contribution in [3.63, 3.8) is 0 Å². The lowest BCUT2D eigenvalue weighted by Gasteiger charge is -2.06. The van der Waals surface area contributed by atoms with E-state index in [0.29, 0.717) is 46.7 Å². The molecule has 1 aromatic heterocycles. The van der Waals surface area contributed by atoms with Crippen molar-refractivity contribution in [1.29, 1.82) is 0 Å². The number of nitrogens with one attached hydrogen (secondary N) is 2. The summed E-state index contributed by atoms with van der Waals surface area (Å²) in [5.74, 6) is 0.203. The van der Waals surface area contributed by atoms with Gasteiger partial charge in [-0.05, 0) is 43.2 Å². The molecule has 1 aliphatic rings. The summed E-state index contributed by atoms with van der Waals surface area (Å²) in [4.78, 5) is 35.6. The first-order valence-corrected chi connectivity index (χ1v) is 12.2. The second-order valence-corrected chi connectivity index (χ2v) is 9.56. The van der Waals surface area contributed by atoms with Gasteiger partial charge in [0.25, 0.3) is 15.6 Å². The standard InChI is InChI=1S/C22H21ClN4O5S/c23-14-9-10-15-17(12-14)25-19(26-22(15)29)13-32-20(28)8-2-1-5-11-24-21-16-6-3-4-7-18(16)33(30,31)27-21/h3-4,6-7,9-10,12H,1-2,5,8,11,13H2,(H,24,27)(H,25,26,29). The Hall–Kier alpha value is -3.24. The molecule has 2 N–H and O–H groups in total. The van der Waals surface area contributed by atoms with E-state index in [-0.39, 0.29) is 29.3 Å². The first-order valence-electron chi connectivity index (χ1n) is 10.3. The Labute approximate surface area is 194 Å². The van der Waals surface area contributed by atoms with E-state index in [1.165, 1.54) is 0 Å². The number of carbonyl (C=O) groups is 1. The average Bonchev–Trinajstić information content (AvgIpc) is 3.04. The van der Waals surface area contributed by atoms with Crippen molar-refractivity contribution in [3.8, 4) is 0 Å². The highest BCUT2D eigenvalue weighted by atomic mass is 35.5. The van der Waals surface area contributed by atoms with Gasteiger partial charge in [-0.15, -0.1) is 0 Å². The largest absolute Gasteiger partial charge is 0.458 e. The van der Waals surface area contributed by atoms with Crippen molar-refractivity contribution in [1.82, 2.24) is 14.7 Å². The normalized spacial score (nSPS) is 15.4. The molecule has 2 heterocycles. The number of aromatic nitrogens is 2. The van der Waals surface area contributed by atoms with Crippen LogP contribution >= 0.6 is 11.6 Å². The predicted molar refractivity (Wildman–Crippen MR) is 124 cm³/mol. The number of sulfonamides is 1. The molecule has 0 saturated heterocycles. The monoisotopic (exact) mass is 488 g/mol. The van der Waals surface area contributed by atoms with Gasteiger partial charge in [0, 0.05) is 23.6 Å². The van der Waals surface area contributed by atoms with Crippen molar-refractivity contribution >= 4 is 44.3 Å². The van der Waals surface area contributed by atoms with E-state index >= 15 is 0 Å². The van der Waals surface area contributed by atoms with E-state index in [1.807, 2.05) is 0 Å². The molecule has 0 atom stereocenters. The highest BCUT2D eigenvalue weighted by Gasteiger charge is 2.29. The number of nitrogens with zero attached hydrogens (tertiary/aromatic N) is 2. The van der Waals surface area contributed by atoms with Crippen LogP contribution in [0, 0.1) is 0 Å². The van der Waals surface area contributed by atoms with Crippen LogP contribution in [0.3, 0.4) is 0 Å². The molecule has 3 aromatic rings. The number of esters is 1. The molecule has 1 aliphatic heterocycles. The minimum absolute atomic E-state index is 0.135. The van der Waals surface area contributed by atoms with Crippen LogP contribution in [0.5, 0.6) is 0 Å². The Balaban J connectivity index is 1.21. The third kappa shape index (κ3) is 5.40. The van der Waals surface area contributed by atoms with E-state index in [9.17, 15) is 18.0 Å². The minimum Gasteiger partial charge on any atom is -0.458 e. The third-order valence-corrected chi connectivity index (χ3v) is 6.69. The SMILES string of the molecule is O=C(CCCCCN=C1NS(=O)(=O)c2ccccc21)OCc1nc2cc(Cl)ccc2c(=O)[nH]1. The molecule has 0 fully saturated rings. The molecule has 0 radical (unpaired) electrons. The number of hydrogen-bond donors (Lipinski definition) is 2. The number of amidine groups is 1. The summed E-state index contributed by atoms with van der Waals surface area (Å²) >= 11 is 5.94. The number of aliphatic imine (C=N–C) groups is 1. The molecule has 0 unspecified atom stereocenters. The zero-order valence-corrected chi connectivity index (χ0v) is 19.1. The van der Waals surface area contributed by atoms with Crippen molar-refractivity contribution < 1.29 is 17.9 Å². The van der Waals surface area contributed by atoms with Crippen molar-refractivity contribution in [3.05, 3.63) is 69.2 Å². The Bertz CT molecular complexity index is 1400. The maximum Gasteiger partial charge on any atom is 0.306 e. The molecule has 4 rings (SSSR count). The van der Waals surface area contributed by atoms with E-state index in [2.05, 4.69) is 19.7 Å². The Morgan fingerprint density at radius 1 is 1.12 bits per heavy atom. The van der Waals surface area contributed by atoms with E-state index in [1.54, 1.807) is 42.5 Å². The second-order valence-electron chi connectivity index (χ2n) is 7.48. The van der Waals surface area contributed by atoms with Crippen LogP contribution in [0.25, 0.3) is 10.9 Å². The zero-order valence-electron chi connectivity index (χ0n) is 17.5. The molecule has 9 nitrogen and oxygen atoms in total. The summed E-state index contributed by atoms with van der Waals surface area (Å²) in [5.41, 5.74) is 0.686. The third-order valence-electron chi connectivity index (χ3n) is 5.06. The smallest absolute Gasteiger partial charge is 0.306 e. The van der Waals surface area contributed by atoms with Gasteiger partial charge in [-0.2, -0.15) is 0 Å². The minimum atomic E-state index is -3.54. The van der Waals surface area contributed by atoms with Crippen molar-refractivity contribution in [2.45, 2.75) is 37.2 Å². The number of H-pyrrole nitrogens is 1. The number of carbonyl (C=O) groups excluding carboxylic acids is 1. The molecule has 33 heavy (non-hydrogen) atoms. The number of hydrogen-bond acceptors (Lipinski definition) is 7. The Morgan fingerprint density at radius 2 is 1.94 bits per heavy atom. The molecule has 172 valence electrons. The number of halogens is 1. The van der Waals surface area contributed by atoms with Gasteiger partial charge in [-0.3, -0.25) is 19.3 Å². The average molecular weight is 489 g/mol. The first kappa shape index (κ1) is 22.9. The van der Waals surface area contributed by atoms with Crippen LogP contribution in [0.4, 0.5) is 0 Å². The van der Waals surface area contributed by atoms with Crippen molar-refractivity contribution in [2.24, 2.45) is 4.99 Å². The predicted octanol–water partition coefficient (Wildman–Crippen LogP) is 2.92.